The van der Waals surface area contributed by atoms with Gasteiger partial charge < -0.3 is 4.74 Å². The van der Waals surface area contributed by atoms with Crippen molar-refractivity contribution in [3.63, 3.8) is 0 Å². The quantitative estimate of drug-likeness (QED) is 0.615. The van der Waals surface area contributed by atoms with E-state index in [1.54, 1.807) is 0 Å². The van der Waals surface area contributed by atoms with Crippen LogP contribution in [0.1, 0.15) is 24.3 Å². The van der Waals surface area contributed by atoms with Gasteiger partial charge in [-0.1, -0.05) is 17.7 Å². The van der Waals surface area contributed by atoms with Crippen LogP contribution in [0.2, 0.25) is 5.02 Å². The van der Waals surface area contributed by atoms with Gasteiger partial charge in [-0.15, -0.1) is 0 Å². The van der Waals surface area contributed by atoms with E-state index >= 15 is 0 Å². The minimum absolute atomic E-state index is 0.139. The summed E-state index contributed by atoms with van der Waals surface area (Å²) in [5.74, 6) is 0.142. The fraction of sp³-hybridized carbons (Fsp3) is 0.417. The molecule has 16 heavy (non-hydrogen) atoms. The van der Waals surface area contributed by atoms with Crippen LogP contribution in [0.4, 0.5) is 0 Å². The predicted molar refractivity (Wildman–Crippen MR) is 71.7 cm³/mol. The van der Waals surface area contributed by atoms with E-state index in [-0.39, 0.29) is 11.9 Å². The molecular formula is C12H12ClIO2. The summed E-state index contributed by atoms with van der Waals surface area (Å²) in [4.78, 5) is 11.7. The van der Waals surface area contributed by atoms with Crippen LogP contribution in [-0.4, -0.2) is 13.1 Å². The van der Waals surface area contributed by atoms with Crippen LogP contribution in [-0.2, 0) is 9.53 Å². The third-order valence-electron chi connectivity index (χ3n) is 2.85. The standard InChI is InChI=1S/C12H12ClIO2/c1-16-12(15)11(7-2-3-7)8-4-5-10(14)9(13)6-8/h4-7,11H,2-3H2,1H3. The molecule has 1 aliphatic rings. The van der Waals surface area contributed by atoms with Crippen molar-refractivity contribution in [1.29, 1.82) is 0 Å². The van der Waals surface area contributed by atoms with E-state index in [4.69, 9.17) is 16.3 Å². The Morgan fingerprint density at radius 2 is 2.25 bits per heavy atom. The molecule has 0 bridgehead atoms. The Balaban J connectivity index is 2.31. The second-order valence-electron chi connectivity index (χ2n) is 4.01. The lowest BCUT2D eigenvalue weighted by Crippen LogP contribution is -2.16. The smallest absolute Gasteiger partial charge is 0.313 e. The van der Waals surface area contributed by atoms with Crippen molar-refractivity contribution < 1.29 is 9.53 Å². The normalized spacial score (nSPS) is 16.9. The Kier molecular flexibility index (Phi) is 3.74. The van der Waals surface area contributed by atoms with Crippen molar-refractivity contribution in [2.45, 2.75) is 18.8 Å². The molecule has 0 spiro atoms. The van der Waals surface area contributed by atoms with E-state index in [9.17, 15) is 4.79 Å². The zero-order chi connectivity index (χ0) is 11.7. The topological polar surface area (TPSA) is 26.3 Å². The van der Waals surface area contributed by atoms with Crippen LogP contribution in [0.5, 0.6) is 0 Å². The number of rotatable bonds is 3. The lowest BCUT2D eigenvalue weighted by molar-refractivity contribution is -0.143. The third-order valence-corrected chi connectivity index (χ3v) is 4.42. The number of esters is 1. The van der Waals surface area contributed by atoms with Crippen molar-refractivity contribution in [1.82, 2.24) is 0 Å². The Hall–Kier alpha value is -0.290. The molecule has 1 aliphatic carbocycles. The summed E-state index contributed by atoms with van der Waals surface area (Å²) >= 11 is 8.25. The summed E-state index contributed by atoms with van der Waals surface area (Å²) < 4.78 is 5.86. The first-order valence-electron chi connectivity index (χ1n) is 5.16. The first-order valence-corrected chi connectivity index (χ1v) is 6.62. The highest BCUT2D eigenvalue weighted by atomic mass is 127. The first kappa shape index (κ1) is 12.2. The number of hydrogen-bond donors (Lipinski definition) is 0. The molecule has 86 valence electrons. The highest BCUT2D eigenvalue weighted by Gasteiger charge is 2.38. The fourth-order valence-corrected chi connectivity index (χ4v) is 2.39. The fourth-order valence-electron chi connectivity index (χ4n) is 1.86. The highest BCUT2D eigenvalue weighted by Crippen LogP contribution is 2.43. The predicted octanol–water partition coefficient (Wildman–Crippen LogP) is 3.61. The van der Waals surface area contributed by atoms with Gasteiger partial charge in [0.15, 0.2) is 0 Å². The molecule has 1 fully saturated rings. The molecule has 0 N–H and O–H groups in total. The number of ether oxygens (including phenoxy) is 1. The summed E-state index contributed by atoms with van der Waals surface area (Å²) in [5, 5.41) is 0.702. The maximum atomic E-state index is 11.7. The molecule has 0 aliphatic heterocycles. The summed E-state index contributed by atoms with van der Waals surface area (Å²) in [6.07, 6.45) is 2.20. The Morgan fingerprint density at radius 1 is 1.56 bits per heavy atom. The van der Waals surface area contributed by atoms with Gasteiger partial charge in [0.2, 0.25) is 0 Å². The van der Waals surface area contributed by atoms with Crippen molar-refractivity contribution >= 4 is 40.2 Å². The molecule has 0 amide bonds. The molecule has 1 atom stereocenters. The second-order valence-corrected chi connectivity index (χ2v) is 5.58. The number of hydrogen-bond acceptors (Lipinski definition) is 2. The Morgan fingerprint density at radius 3 is 2.75 bits per heavy atom. The van der Waals surface area contributed by atoms with Crippen molar-refractivity contribution in [2.75, 3.05) is 7.11 Å². The summed E-state index contributed by atoms with van der Waals surface area (Å²) in [7, 11) is 1.44. The van der Waals surface area contributed by atoms with E-state index in [1.165, 1.54) is 7.11 Å². The first-order chi connectivity index (χ1) is 7.63. The van der Waals surface area contributed by atoms with E-state index in [0.717, 1.165) is 22.0 Å². The van der Waals surface area contributed by atoms with Gasteiger partial charge in [-0.3, -0.25) is 4.79 Å². The molecule has 2 nitrogen and oxygen atoms in total. The van der Waals surface area contributed by atoms with Gasteiger partial charge in [0.05, 0.1) is 18.1 Å². The maximum absolute atomic E-state index is 11.7. The SMILES string of the molecule is COC(=O)C(c1ccc(I)c(Cl)c1)C1CC1. The van der Waals surface area contributed by atoms with Crippen LogP contribution in [0, 0.1) is 9.49 Å². The van der Waals surface area contributed by atoms with E-state index in [0.29, 0.717) is 10.9 Å². The van der Waals surface area contributed by atoms with Crippen LogP contribution < -0.4 is 0 Å². The molecule has 0 heterocycles. The van der Waals surface area contributed by atoms with Crippen LogP contribution in [0.15, 0.2) is 18.2 Å². The third kappa shape index (κ3) is 2.51. The lowest BCUT2D eigenvalue weighted by Gasteiger charge is -2.14. The molecular weight excluding hydrogens is 338 g/mol. The van der Waals surface area contributed by atoms with Gasteiger partial charge in [0.25, 0.3) is 0 Å². The van der Waals surface area contributed by atoms with E-state index in [2.05, 4.69) is 22.6 Å². The Bertz CT molecular complexity index is 415. The van der Waals surface area contributed by atoms with Crippen molar-refractivity contribution in [3.8, 4) is 0 Å². The number of benzene rings is 1. The molecule has 1 saturated carbocycles. The average molecular weight is 351 g/mol. The van der Waals surface area contributed by atoms with Crippen LogP contribution in [0.3, 0.4) is 0 Å². The average Bonchev–Trinajstić information content (AvgIpc) is 3.07. The highest BCUT2D eigenvalue weighted by molar-refractivity contribution is 14.1. The summed E-state index contributed by atoms with van der Waals surface area (Å²) in [5.41, 5.74) is 0.972. The van der Waals surface area contributed by atoms with E-state index in [1.807, 2.05) is 18.2 Å². The summed E-state index contributed by atoms with van der Waals surface area (Å²) in [6.45, 7) is 0. The van der Waals surface area contributed by atoms with Gasteiger partial charge in [-0.05, 0) is 59.0 Å². The maximum Gasteiger partial charge on any atom is 0.313 e. The molecule has 1 unspecified atom stereocenters. The number of carbonyl (C=O) groups excluding carboxylic acids is 1. The zero-order valence-corrected chi connectivity index (χ0v) is 11.8. The number of carbonyl (C=O) groups is 1. The molecule has 0 saturated heterocycles. The van der Waals surface area contributed by atoms with Gasteiger partial charge in [-0.2, -0.15) is 0 Å². The molecule has 0 aromatic heterocycles. The van der Waals surface area contributed by atoms with Crippen molar-refractivity contribution in [2.24, 2.45) is 5.92 Å². The van der Waals surface area contributed by atoms with Gasteiger partial charge >= 0.3 is 5.97 Å². The zero-order valence-electron chi connectivity index (χ0n) is 8.87. The van der Waals surface area contributed by atoms with Crippen LogP contribution in [0.25, 0.3) is 0 Å². The Labute approximate surface area is 113 Å². The van der Waals surface area contributed by atoms with Crippen LogP contribution >= 0.6 is 34.2 Å². The largest absolute Gasteiger partial charge is 0.469 e. The minimum Gasteiger partial charge on any atom is -0.469 e. The lowest BCUT2D eigenvalue weighted by atomic mass is 9.94. The second kappa shape index (κ2) is 4.92. The van der Waals surface area contributed by atoms with Gasteiger partial charge in [0.1, 0.15) is 0 Å². The van der Waals surface area contributed by atoms with E-state index < -0.39 is 0 Å². The minimum atomic E-state index is -0.153. The van der Waals surface area contributed by atoms with Crippen molar-refractivity contribution in [3.05, 3.63) is 32.4 Å². The number of halogens is 2. The molecule has 2 rings (SSSR count). The molecule has 4 heteroatoms. The molecule has 1 aromatic rings. The monoisotopic (exact) mass is 350 g/mol. The molecule has 0 radical (unpaired) electrons. The summed E-state index contributed by atoms with van der Waals surface area (Å²) in [6, 6.07) is 5.79. The molecule has 1 aromatic carbocycles. The van der Waals surface area contributed by atoms with Gasteiger partial charge in [-0.25, -0.2) is 0 Å². The number of methoxy groups -OCH3 is 1. The van der Waals surface area contributed by atoms with Gasteiger partial charge in [0, 0.05) is 3.57 Å².